The average molecular weight is 352 g/mol. The van der Waals surface area contributed by atoms with Crippen molar-refractivity contribution >= 4 is 28.8 Å². The third-order valence-corrected chi connectivity index (χ3v) is 4.73. The second kappa shape index (κ2) is 6.31. The van der Waals surface area contributed by atoms with Crippen LogP contribution in [0.25, 0.3) is 0 Å². The predicted molar refractivity (Wildman–Crippen MR) is 75.8 cm³/mol. The Kier molecular flexibility index (Phi) is 5.01. The highest BCUT2D eigenvalue weighted by Gasteiger charge is 2.27. The highest BCUT2D eigenvalue weighted by atomic mass is 127. The molecule has 0 atom stereocenters. The Bertz CT molecular complexity index is 260. The van der Waals surface area contributed by atoms with Gasteiger partial charge in [-0.2, -0.15) is 0 Å². The van der Waals surface area contributed by atoms with Crippen LogP contribution < -0.4 is 5.73 Å². The van der Waals surface area contributed by atoms with E-state index in [1.165, 1.54) is 25.9 Å². The first kappa shape index (κ1) is 13.5. The van der Waals surface area contributed by atoms with Gasteiger partial charge in [0.05, 0.1) is 6.54 Å². The molecule has 2 aliphatic rings. The van der Waals surface area contributed by atoms with Crippen LogP contribution in [-0.4, -0.2) is 70.7 Å². The molecule has 1 amide bonds. The Balaban J connectivity index is 1.77. The molecule has 0 aromatic rings. The van der Waals surface area contributed by atoms with Crippen molar-refractivity contribution in [1.29, 1.82) is 0 Å². The maximum atomic E-state index is 11.5. The number of halogens is 1. The second-order valence-corrected chi connectivity index (χ2v) is 6.13. The lowest BCUT2D eigenvalue weighted by atomic mass is 10.0. The molecule has 2 N–H and O–H groups in total. The van der Waals surface area contributed by atoms with Gasteiger partial charge in [0.2, 0.25) is 5.91 Å². The fraction of sp³-hybridized carbons (Fsp3) is 0.909. The molecule has 0 bridgehead atoms. The summed E-state index contributed by atoms with van der Waals surface area (Å²) in [6.45, 7) is 6.24. The smallest absolute Gasteiger partial charge is 0.236 e. The highest BCUT2D eigenvalue weighted by molar-refractivity contribution is 14.1. The molecule has 0 aromatic heterocycles. The molecule has 0 radical (unpaired) electrons. The Morgan fingerprint density at radius 1 is 1.12 bits per heavy atom. The second-order valence-electron chi connectivity index (χ2n) is 4.76. The molecule has 0 aromatic carbocycles. The van der Waals surface area contributed by atoms with Crippen molar-refractivity contribution in [3.05, 3.63) is 0 Å². The van der Waals surface area contributed by atoms with E-state index in [9.17, 15) is 4.79 Å². The number of amides is 1. The topological polar surface area (TPSA) is 52.8 Å². The van der Waals surface area contributed by atoms with Gasteiger partial charge in [-0.05, 0) is 12.8 Å². The molecular weight excluding hydrogens is 331 g/mol. The average Bonchev–Trinajstić information content (AvgIpc) is 2.39. The van der Waals surface area contributed by atoms with Crippen molar-refractivity contribution in [3.8, 4) is 0 Å². The zero-order valence-electron chi connectivity index (χ0n) is 10.1. The van der Waals surface area contributed by atoms with Gasteiger partial charge < -0.3 is 10.6 Å². The number of carbonyl (C=O) groups excluding carboxylic acids is 1. The van der Waals surface area contributed by atoms with Crippen LogP contribution in [-0.2, 0) is 4.79 Å². The van der Waals surface area contributed by atoms with Crippen molar-refractivity contribution in [2.24, 2.45) is 5.73 Å². The molecule has 0 saturated carbocycles. The maximum absolute atomic E-state index is 11.5. The largest absolute Gasteiger partial charge is 0.339 e. The summed E-state index contributed by atoms with van der Waals surface area (Å²) in [7, 11) is 0. The molecule has 0 unspecified atom stereocenters. The molecular formula is C11H21IN4O. The highest BCUT2D eigenvalue weighted by Crippen LogP contribution is 2.20. The molecule has 17 heavy (non-hydrogen) atoms. The molecule has 2 saturated heterocycles. The van der Waals surface area contributed by atoms with Gasteiger partial charge in [-0.1, -0.05) is 0 Å². The summed E-state index contributed by atoms with van der Waals surface area (Å²) in [4.78, 5) is 15.9. The molecule has 6 heteroatoms. The minimum atomic E-state index is 0.0896. The Morgan fingerprint density at radius 2 is 1.71 bits per heavy atom. The summed E-state index contributed by atoms with van der Waals surface area (Å²) in [5, 5.41) is 0. The fourth-order valence-electron chi connectivity index (χ4n) is 2.67. The lowest BCUT2D eigenvalue weighted by Gasteiger charge is -2.41. The summed E-state index contributed by atoms with van der Waals surface area (Å²) in [6.07, 6.45) is 2.52. The number of nitrogens with zero attached hydrogens (tertiary/aromatic N) is 3. The van der Waals surface area contributed by atoms with Gasteiger partial charge in [-0.15, -0.1) is 0 Å². The SMILES string of the molecule is NCC(=O)N1CCN(C2CCN(I)CC2)CC1. The number of rotatable bonds is 2. The van der Waals surface area contributed by atoms with Crippen LogP contribution in [0.4, 0.5) is 0 Å². The van der Waals surface area contributed by atoms with E-state index in [-0.39, 0.29) is 12.5 Å². The first-order valence-corrected chi connectivity index (χ1v) is 7.30. The van der Waals surface area contributed by atoms with Crippen LogP contribution in [0.2, 0.25) is 0 Å². The zero-order valence-corrected chi connectivity index (χ0v) is 12.3. The van der Waals surface area contributed by atoms with E-state index in [1.54, 1.807) is 0 Å². The van der Waals surface area contributed by atoms with Gasteiger partial charge in [-0.3, -0.25) is 9.69 Å². The minimum Gasteiger partial charge on any atom is -0.339 e. The molecule has 2 aliphatic heterocycles. The maximum Gasteiger partial charge on any atom is 0.236 e. The molecule has 98 valence electrons. The van der Waals surface area contributed by atoms with Crippen LogP contribution in [0.15, 0.2) is 0 Å². The van der Waals surface area contributed by atoms with E-state index in [2.05, 4.69) is 30.9 Å². The Labute approximate surface area is 117 Å². The van der Waals surface area contributed by atoms with Crippen LogP contribution in [0, 0.1) is 0 Å². The van der Waals surface area contributed by atoms with Gasteiger partial charge >= 0.3 is 0 Å². The normalized spacial score (nSPS) is 25.2. The van der Waals surface area contributed by atoms with Crippen LogP contribution >= 0.6 is 22.9 Å². The van der Waals surface area contributed by atoms with Crippen molar-refractivity contribution in [2.75, 3.05) is 45.8 Å². The van der Waals surface area contributed by atoms with Gasteiger partial charge in [-0.25, -0.2) is 3.11 Å². The predicted octanol–water partition coefficient (Wildman–Crippen LogP) is -0.0963. The minimum absolute atomic E-state index is 0.0896. The van der Waals surface area contributed by atoms with Crippen LogP contribution in [0.3, 0.4) is 0 Å². The van der Waals surface area contributed by atoms with Crippen molar-refractivity contribution < 1.29 is 4.79 Å². The van der Waals surface area contributed by atoms with Crippen LogP contribution in [0.1, 0.15) is 12.8 Å². The lowest BCUT2D eigenvalue weighted by molar-refractivity contribution is -0.131. The summed E-state index contributed by atoms with van der Waals surface area (Å²) < 4.78 is 2.36. The van der Waals surface area contributed by atoms with Gasteiger partial charge in [0.15, 0.2) is 0 Å². The third kappa shape index (κ3) is 3.52. The van der Waals surface area contributed by atoms with Crippen molar-refractivity contribution in [3.63, 3.8) is 0 Å². The van der Waals surface area contributed by atoms with Gasteiger partial charge in [0.1, 0.15) is 0 Å². The zero-order chi connectivity index (χ0) is 12.3. The van der Waals surface area contributed by atoms with Crippen LogP contribution in [0.5, 0.6) is 0 Å². The fourth-order valence-corrected chi connectivity index (χ4v) is 3.22. The van der Waals surface area contributed by atoms with Crippen molar-refractivity contribution in [2.45, 2.75) is 18.9 Å². The van der Waals surface area contributed by atoms with E-state index in [4.69, 9.17) is 5.73 Å². The summed E-state index contributed by atoms with van der Waals surface area (Å²) in [5.41, 5.74) is 5.38. The summed E-state index contributed by atoms with van der Waals surface area (Å²) >= 11 is 2.40. The number of hydrogen-bond donors (Lipinski definition) is 1. The molecule has 0 aliphatic carbocycles. The first-order valence-electron chi connectivity index (χ1n) is 6.33. The third-order valence-electron chi connectivity index (χ3n) is 3.77. The lowest BCUT2D eigenvalue weighted by Crippen LogP contribution is -2.54. The van der Waals surface area contributed by atoms with E-state index in [0.717, 1.165) is 32.2 Å². The van der Waals surface area contributed by atoms with Gasteiger partial charge in [0.25, 0.3) is 0 Å². The number of carbonyl (C=O) groups is 1. The number of hydrogen-bond acceptors (Lipinski definition) is 4. The molecule has 2 fully saturated rings. The number of nitrogens with two attached hydrogens (primary N) is 1. The summed E-state index contributed by atoms with van der Waals surface area (Å²) in [6, 6.07) is 0.719. The number of piperidine rings is 1. The quantitative estimate of drug-likeness (QED) is 0.557. The standard InChI is InChI=1S/C11H21IN4O/c12-16-3-1-10(2-4-16)14-5-7-15(8-6-14)11(17)9-13/h10H,1-9,13H2. The molecule has 5 nitrogen and oxygen atoms in total. The first-order chi connectivity index (χ1) is 8.20. The van der Waals surface area contributed by atoms with Crippen molar-refractivity contribution in [1.82, 2.24) is 12.9 Å². The molecule has 2 heterocycles. The van der Waals surface area contributed by atoms with E-state index in [0.29, 0.717) is 0 Å². The Hall–Kier alpha value is 0.0800. The summed E-state index contributed by atoms with van der Waals surface area (Å²) in [5.74, 6) is 0.0896. The van der Waals surface area contributed by atoms with E-state index >= 15 is 0 Å². The van der Waals surface area contributed by atoms with E-state index in [1.807, 2.05) is 4.90 Å². The van der Waals surface area contributed by atoms with Gasteiger partial charge in [0, 0.05) is 68.2 Å². The monoisotopic (exact) mass is 352 g/mol. The molecule has 2 rings (SSSR count). The van der Waals surface area contributed by atoms with E-state index < -0.39 is 0 Å². The Morgan fingerprint density at radius 3 is 2.24 bits per heavy atom. The number of piperazine rings is 1. The molecule has 0 spiro atoms.